The zero-order chi connectivity index (χ0) is 19.5. The Bertz CT molecular complexity index is 866. The lowest BCUT2D eigenvalue weighted by atomic mass is 9.75. The fraction of sp³-hybridized carbons (Fsp3) is 0.409. The third kappa shape index (κ3) is 4.06. The van der Waals surface area contributed by atoms with E-state index in [-0.39, 0.29) is 24.7 Å². The van der Waals surface area contributed by atoms with E-state index in [1.165, 1.54) is 6.07 Å². The van der Waals surface area contributed by atoms with Crippen molar-refractivity contribution < 1.29 is 28.5 Å². The highest BCUT2D eigenvalue weighted by atomic mass is 19.1. The van der Waals surface area contributed by atoms with Crippen molar-refractivity contribution in [2.45, 2.75) is 38.0 Å². The Labute approximate surface area is 163 Å². The highest BCUT2D eigenvalue weighted by Crippen LogP contribution is 2.40. The van der Waals surface area contributed by atoms with Gasteiger partial charge in [-0.2, -0.15) is 0 Å². The highest BCUT2D eigenvalue weighted by molar-refractivity contribution is 5.70. The molecule has 5 nitrogen and oxygen atoms in total. The van der Waals surface area contributed by atoms with Gasteiger partial charge in [-0.15, -0.1) is 0 Å². The number of aliphatic carboxylic acids is 1. The maximum Gasteiger partial charge on any atom is 0.307 e. The van der Waals surface area contributed by atoms with Crippen molar-refractivity contribution in [1.82, 2.24) is 0 Å². The molecule has 0 bridgehead atoms. The van der Waals surface area contributed by atoms with Gasteiger partial charge >= 0.3 is 5.97 Å². The van der Waals surface area contributed by atoms with Gasteiger partial charge in [0.15, 0.2) is 11.5 Å². The van der Waals surface area contributed by atoms with Crippen LogP contribution in [-0.2, 0) is 11.2 Å². The molecule has 2 aromatic carbocycles. The zero-order valence-corrected chi connectivity index (χ0v) is 15.5. The van der Waals surface area contributed by atoms with E-state index in [1.54, 1.807) is 12.1 Å². The van der Waals surface area contributed by atoms with Gasteiger partial charge in [0.05, 0.1) is 13.0 Å². The summed E-state index contributed by atoms with van der Waals surface area (Å²) in [5.41, 5.74) is 1.24. The summed E-state index contributed by atoms with van der Waals surface area (Å²) < 4.78 is 30.7. The largest absolute Gasteiger partial charge is 0.493 e. The van der Waals surface area contributed by atoms with Gasteiger partial charge in [0, 0.05) is 6.07 Å². The van der Waals surface area contributed by atoms with E-state index >= 15 is 0 Å². The molecule has 0 radical (unpaired) electrons. The Kier molecular flexibility index (Phi) is 5.37. The number of rotatable bonds is 6. The number of fused-ring (bicyclic) bond motifs is 1. The van der Waals surface area contributed by atoms with Gasteiger partial charge in [-0.05, 0) is 54.0 Å². The Morgan fingerprint density at radius 1 is 1.11 bits per heavy atom. The molecule has 1 fully saturated rings. The van der Waals surface area contributed by atoms with Gasteiger partial charge in [0.2, 0.25) is 6.79 Å². The Balaban J connectivity index is 1.48. The molecule has 1 heterocycles. The van der Waals surface area contributed by atoms with E-state index in [1.807, 2.05) is 18.2 Å². The minimum Gasteiger partial charge on any atom is -0.493 e. The molecular weight excluding hydrogens is 363 g/mol. The van der Waals surface area contributed by atoms with Crippen molar-refractivity contribution >= 4 is 5.97 Å². The van der Waals surface area contributed by atoms with Gasteiger partial charge in [0.25, 0.3) is 0 Å². The van der Waals surface area contributed by atoms with Crippen LogP contribution in [0.3, 0.4) is 0 Å². The standard InChI is InChI=1S/C22H23FO5/c23-19-7-5-14(9-16(19)10-22(24)25)18-4-2-1-3-15(18)12-26-17-6-8-20-21(11-17)28-13-27-20/h5-9,11,15,18H,1-4,10,12-13H2,(H,24,25)/t15-,18-/m0/s1. The number of hydrogen-bond donors (Lipinski definition) is 1. The van der Waals surface area contributed by atoms with Crippen LogP contribution in [0.4, 0.5) is 4.39 Å². The van der Waals surface area contributed by atoms with Crippen molar-refractivity contribution in [1.29, 1.82) is 0 Å². The van der Waals surface area contributed by atoms with Crippen LogP contribution in [-0.4, -0.2) is 24.5 Å². The Morgan fingerprint density at radius 2 is 1.93 bits per heavy atom. The van der Waals surface area contributed by atoms with Crippen molar-refractivity contribution in [3.63, 3.8) is 0 Å². The lowest BCUT2D eigenvalue weighted by molar-refractivity contribution is -0.136. The zero-order valence-electron chi connectivity index (χ0n) is 15.5. The van der Waals surface area contributed by atoms with Gasteiger partial charge in [-0.3, -0.25) is 4.79 Å². The fourth-order valence-corrected chi connectivity index (χ4v) is 4.14. The second-order valence-electron chi connectivity index (χ2n) is 7.40. The molecule has 6 heteroatoms. The van der Waals surface area contributed by atoms with E-state index in [0.717, 1.165) is 42.7 Å². The normalized spacial score (nSPS) is 20.8. The lowest BCUT2D eigenvalue weighted by Crippen LogP contribution is -2.24. The summed E-state index contributed by atoms with van der Waals surface area (Å²) in [7, 11) is 0. The van der Waals surface area contributed by atoms with E-state index < -0.39 is 11.8 Å². The van der Waals surface area contributed by atoms with Crippen LogP contribution in [0.1, 0.15) is 42.7 Å². The van der Waals surface area contributed by atoms with E-state index in [0.29, 0.717) is 18.3 Å². The first-order chi connectivity index (χ1) is 13.6. The first-order valence-electron chi connectivity index (χ1n) is 9.63. The first kappa shape index (κ1) is 18.6. The summed E-state index contributed by atoms with van der Waals surface area (Å²) in [6.45, 7) is 0.780. The molecule has 1 saturated carbocycles. The van der Waals surface area contributed by atoms with Gasteiger partial charge in [0.1, 0.15) is 11.6 Å². The van der Waals surface area contributed by atoms with E-state index in [2.05, 4.69) is 0 Å². The van der Waals surface area contributed by atoms with Crippen molar-refractivity contribution in [3.05, 3.63) is 53.3 Å². The van der Waals surface area contributed by atoms with E-state index in [4.69, 9.17) is 19.3 Å². The number of halogens is 1. The van der Waals surface area contributed by atoms with Crippen LogP contribution < -0.4 is 14.2 Å². The highest BCUT2D eigenvalue weighted by Gasteiger charge is 2.28. The average molecular weight is 386 g/mol. The molecule has 1 N–H and O–H groups in total. The summed E-state index contributed by atoms with van der Waals surface area (Å²) in [6, 6.07) is 10.4. The second kappa shape index (κ2) is 8.09. The van der Waals surface area contributed by atoms with Gasteiger partial charge in [-0.1, -0.05) is 25.0 Å². The Hall–Kier alpha value is -2.76. The summed E-state index contributed by atoms with van der Waals surface area (Å²) >= 11 is 0. The third-order valence-electron chi connectivity index (χ3n) is 5.56. The molecule has 0 saturated heterocycles. The lowest BCUT2D eigenvalue weighted by Gasteiger charge is -2.32. The molecule has 1 aliphatic heterocycles. The molecule has 0 aromatic heterocycles. The third-order valence-corrected chi connectivity index (χ3v) is 5.56. The molecule has 2 atom stereocenters. The van der Waals surface area contributed by atoms with E-state index in [9.17, 15) is 9.18 Å². The average Bonchev–Trinajstić information content (AvgIpc) is 3.16. The van der Waals surface area contributed by atoms with Gasteiger partial charge in [-0.25, -0.2) is 4.39 Å². The second-order valence-corrected chi connectivity index (χ2v) is 7.40. The minimum atomic E-state index is -1.03. The number of carbonyl (C=O) groups is 1. The molecule has 2 aromatic rings. The number of carboxylic acid groups (broad SMARTS) is 1. The maximum absolute atomic E-state index is 14.0. The quantitative estimate of drug-likeness (QED) is 0.790. The molecule has 4 rings (SSSR count). The molecule has 148 valence electrons. The molecule has 2 aliphatic rings. The van der Waals surface area contributed by atoms with Crippen LogP contribution in [0.15, 0.2) is 36.4 Å². The molecular formula is C22H23FO5. The van der Waals surface area contributed by atoms with Crippen LogP contribution in [0.25, 0.3) is 0 Å². The van der Waals surface area contributed by atoms with Crippen LogP contribution >= 0.6 is 0 Å². The van der Waals surface area contributed by atoms with Crippen LogP contribution in [0.2, 0.25) is 0 Å². The minimum absolute atomic E-state index is 0.229. The summed E-state index contributed by atoms with van der Waals surface area (Å²) in [4.78, 5) is 11.0. The number of ether oxygens (including phenoxy) is 3. The SMILES string of the molecule is O=C(O)Cc1cc([C@@H]2CCCC[C@H]2COc2ccc3c(c2)OCO3)ccc1F. The predicted octanol–water partition coefficient (Wildman–Crippen LogP) is 4.53. The van der Waals surface area contributed by atoms with Gasteiger partial charge < -0.3 is 19.3 Å². The molecule has 0 spiro atoms. The first-order valence-corrected chi connectivity index (χ1v) is 9.63. The monoisotopic (exact) mass is 386 g/mol. The fourth-order valence-electron chi connectivity index (χ4n) is 4.14. The summed E-state index contributed by atoms with van der Waals surface area (Å²) in [5.74, 6) is 1.18. The molecule has 1 aliphatic carbocycles. The number of carboxylic acids is 1. The molecule has 0 unspecified atom stereocenters. The summed E-state index contributed by atoms with van der Waals surface area (Å²) in [6.07, 6.45) is 3.96. The molecule has 0 amide bonds. The predicted molar refractivity (Wildman–Crippen MR) is 100 cm³/mol. The number of hydrogen-bond acceptors (Lipinski definition) is 4. The Morgan fingerprint density at radius 3 is 2.79 bits per heavy atom. The molecule has 28 heavy (non-hydrogen) atoms. The number of benzene rings is 2. The van der Waals surface area contributed by atoms with Crippen molar-refractivity contribution in [3.8, 4) is 17.2 Å². The smallest absolute Gasteiger partial charge is 0.307 e. The van der Waals surface area contributed by atoms with Crippen LogP contribution in [0.5, 0.6) is 17.2 Å². The summed E-state index contributed by atoms with van der Waals surface area (Å²) in [5, 5.41) is 9.02. The van der Waals surface area contributed by atoms with Crippen molar-refractivity contribution in [2.75, 3.05) is 13.4 Å². The van der Waals surface area contributed by atoms with Crippen molar-refractivity contribution in [2.24, 2.45) is 5.92 Å². The maximum atomic E-state index is 14.0. The topological polar surface area (TPSA) is 65.0 Å². The van der Waals surface area contributed by atoms with Crippen LogP contribution in [0, 0.1) is 11.7 Å².